The highest BCUT2D eigenvalue weighted by molar-refractivity contribution is 6.34. The molecule has 0 aliphatic rings. The van der Waals surface area contributed by atoms with Gasteiger partial charge >= 0.3 is 0 Å². The quantitative estimate of drug-likeness (QED) is 0.843. The zero-order chi connectivity index (χ0) is 13.7. The van der Waals surface area contributed by atoms with Crippen LogP contribution in [0.25, 0.3) is 0 Å². The molecule has 0 aliphatic heterocycles. The Morgan fingerprint density at radius 1 is 0.947 bits per heavy atom. The van der Waals surface area contributed by atoms with Gasteiger partial charge in [0.15, 0.2) is 0 Å². The van der Waals surface area contributed by atoms with Crippen LogP contribution in [-0.4, -0.2) is 18.3 Å². The molecule has 19 heavy (non-hydrogen) atoms. The largest absolute Gasteiger partial charge is 0.508 e. The minimum Gasteiger partial charge on any atom is -0.508 e. The van der Waals surface area contributed by atoms with Gasteiger partial charge in [-0.25, -0.2) is 0 Å². The standard InChI is InChI=1S/C14H12Cl2O3/c15-10-4-5-13(16)14(8-10)19-7-6-18-12-3-1-2-11(17)9-12/h1-5,8-9,17H,6-7H2. The van der Waals surface area contributed by atoms with Crippen molar-refractivity contribution in [2.24, 2.45) is 0 Å². The van der Waals surface area contributed by atoms with E-state index in [4.69, 9.17) is 32.7 Å². The number of ether oxygens (including phenoxy) is 2. The predicted molar refractivity (Wildman–Crippen MR) is 75.6 cm³/mol. The van der Waals surface area contributed by atoms with Gasteiger partial charge in [0.05, 0.1) is 5.02 Å². The summed E-state index contributed by atoms with van der Waals surface area (Å²) in [6, 6.07) is 11.6. The number of benzene rings is 2. The van der Waals surface area contributed by atoms with Crippen LogP contribution in [0.1, 0.15) is 0 Å². The molecule has 0 atom stereocenters. The first-order chi connectivity index (χ1) is 9.15. The summed E-state index contributed by atoms with van der Waals surface area (Å²) >= 11 is 11.8. The van der Waals surface area contributed by atoms with Crippen molar-refractivity contribution >= 4 is 23.2 Å². The van der Waals surface area contributed by atoms with E-state index in [2.05, 4.69) is 0 Å². The Hall–Kier alpha value is -1.58. The van der Waals surface area contributed by atoms with Gasteiger partial charge in [0.25, 0.3) is 0 Å². The average molecular weight is 299 g/mol. The van der Waals surface area contributed by atoms with Gasteiger partial charge in [0.1, 0.15) is 30.5 Å². The van der Waals surface area contributed by atoms with Crippen LogP contribution in [0.4, 0.5) is 0 Å². The highest BCUT2D eigenvalue weighted by Crippen LogP contribution is 2.27. The summed E-state index contributed by atoms with van der Waals surface area (Å²) in [5, 5.41) is 10.3. The lowest BCUT2D eigenvalue weighted by molar-refractivity contribution is 0.217. The predicted octanol–water partition coefficient (Wildman–Crippen LogP) is 4.16. The lowest BCUT2D eigenvalue weighted by atomic mass is 10.3. The molecule has 0 amide bonds. The van der Waals surface area contributed by atoms with Gasteiger partial charge in [-0.15, -0.1) is 0 Å². The molecule has 5 heteroatoms. The molecular formula is C14H12Cl2O3. The van der Waals surface area contributed by atoms with Gasteiger partial charge in [0, 0.05) is 17.2 Å². The van der Waals surface area contributed by atoms with Crippen molar-refractivity contribution in [3.05, 3.63) is 52.5 Å². The Morgan fingerprint density at radius 3 is 2.53 bits per heavy atom. The highest BCUT2D eigenvalue weighted by atomic mass is 35.5. The van der Waals surface area contributed by atoms with Crippen LogP contribution in [0, 0.1) is 0 Å². The monoisotopic (exact) mass is 298 g/mol. The van der Waals surface area contributed by atoms with E-state index in [0.717, 1.165) is 0 Å². The molecule has 0 aliphatic carbocycles. The zero-order valence-electron chi connectivity index (χ0n) is 9.98. The topological polar surface area (TPSA) is 38.7 Å². The van der Waals surface area contributed by atoms with E-state index in [9.17, 15) is 5.11 Å². The molecular weight excluding hydrogens is 287 g/mol. The van der Waals surface area contributed by atoms with Crippen LogP contribution < -0.4 is 9.47 Å². The van der Waals surface area contributed by atoms with Gasteiger partial charge in [-0.3, -0.25) is 0 Å². The number of phenolic OH excluding ortho intramolecular Hbond substituents is 1. The molecule has 0 heterocycles. The number of phenols is 1. The minimum atomic E-state index is 0.163. The van der Waals surface area contributed by atoms with Gasteiger partial charge < -0.3 is 14.6 Å². The number of hydrogen-bond acceptors (Lipinski definition) is 3. The fourth-order valence-corrected chi connectivity index (χ4v) is 1.81. The van der Waals surface area contributed by atoms with Crippen molar-refractivity contribution in [2.45, 2.75) is 0 Å². The van der Waals surface area contributed by atoms with Crippen LogP contribution in [0.2, 0.25) is 10.0 Å². The molecule has 0 saturated carbocycles. The van der Waals surface area contributed by atoms with Crippen molar-refractivity contribution in [1.29, 1.82) is 0 Å². The van der Waals surface area contributed by atoms with Gasteiger partial charge in [-0.05, 0) is 24.3 Å². The van der Waals surface area contributed by atoms with Gasteiger partial charge in [-0.2, -0.15) is 0 Å². The number of rotatable bonds is 5. The van der Waals surface area contributed by atoms with Gasteiger partial charge in [0.2, 0.25) is 0 Å². The third-order valence-corrected chi connectivity index (χ3v) is 2.87. The molecule has 2 aromatic rings. The summed E-state index contributed by atoms with van der Waals surface area (Å²) in [5.74, 6) is 1.27. The van der Waals surface area contributed by atoms with E-state index in [0.29, 0.717) is 34.8 Å². The van der Waals surface area contributed by atoms with E-state index < -0.39 is 0 Å². The van der Waals surface area contributed by atoms with Crippen LogP contribution in [0.15, 0.2) is 42.5 Å². The van der Waals surface area contributed by atoms with E-state index in [-0.39, 0.29) is 5.75 Å². The molecule has 100 valence electrons. The molecule has 0 radical (unpaired) electrons. The lowest BCUT2D eigenvalue weighted by Gasteiger charge is -2.10. The van der Waals surface area contributed by atoms with Crippen LogP contribution in [0.3, 0.4) is 0 Å². The van der Waals surface area contributed by atoms with E-state index in [1.807, 2.05) is 0 Å². The van der Waals surface area contributed by atoms with Crippen LogP contribution in [-0.2, 0) is 0 Å². The Balaban J connectivity index is 1.82. The SMILES string of the molecule is Oc1cccc(OCCOc2cc(Cl)ccc2Cl)c1. The Labute approximate surface area is 121 Å². The first kappa shape index (κ1) is 13.8. The second-order valence-corrected chi connectivity index (χ2v) is 4.61. The third-order valence-electron chi connectivity index (χ3n) is 2.32. The molecule has 2 rings (SSSR count). The number of halogens is 2. The average Bonchev–Trinajstić information content (AvgIpc) is 2.39. The Kier molecular flexibility index (Phi) is 4.77. The van der Waals surface area contributed by atoms with E-state index >= 15 is 0 Å². The maximum absolute atomic E-state index is 9.27. The smallest absolute Gasteiger partial charge is 0.139 e. The fourth-order valence-electron chi connectivity index (χ4n) is 1.47. The Bertz CT molecular complexity index is 558. The van der Waals surface area contributed by atoms with Gasteiger partial charge in [-0.1, -0.05) is 29.3 Å². The molecule has 0 fully saturated rings. The molecule has 0 unspecified atom stereocenters. The maximum atomic E-state index is 9.27. The summed E-state index contributed by atoms with van der Waals surface area (Å²) in [6.45, 7) is 0.669. The molecule has 2 aromatic carbocycles. The lowest BCUT2D eigenvalue weighted by Crippen LogP contribution is -2.09. The van der Waals surface area contributed by atoms with Crippen molar-refractivity contribution < 1.29 is 14.6 Å². The molecule has 3 nitrogen and oxygen atoms in total. The second-order valence-electron chi connectivity index (χ2n) is 3.77. The number of hydrogen-bond donors (Lipinski definition) is 1. The Morgan fingerprint density at radius 2 is 1.74 bits per heavy atom. The van der Waals surface area contributed by atoms with E-state index in [1.54, 1.807) is 36.4 Å². The van der Waals surface area contributed by atoms with Crippen molar-refractivity contribution in [1.82, 2.24) is 0 Å². The molecule has 1 N–H and O–H groups in total. The van der Waals surface area contributed by atoms with Crippen molar-refractivity contribution in [3.63, 3.8) is 0 Å². The first-order valence-electron chi connectivity index (χ1n) is 5.65. The minimum absolute atomic E-state index is 0.163. The molecule has 0 spiro atoms. The number of aromatic hydroxyl groups is 1. The second kappa shape index (κ2) is 6.55. The fraction of sp³-hybridized carbons (Fsp3) is 0.143. The van der Waals surface area contributed by atoms with Crippen LogP contribution >= 0.6 is 23.2 Å². The maximum Gasteiger partial charge on any atom is 0.139 e. The zero-order valence-corrected chi connectivity index (χ0v) is 11.5. The van der Waals surface area contributed by atoms with E-state index in [1.165, 1.54) is 6.07 Å². The molecule has 0 saturated heterocycles. The van der Waals surface area contributed by atoms with Crippen molar-refractivity contribution in [2.75, 3.05) is 13.2 Å². The third kappa shape index (κ3) is 4.23. The first-order valence-corrected chi connectivity index (χ1v) is 6.40. The summed E-state index contributed by atoms with van der Waals surface area (Å²) in [6.07, 6.45) is 0. The molecule has 0 aromatic heterocycles. The summed E-state index contributed by atoms with van der Waals surface area (Å²) in [5.41, 5.74) is 0. The summed E-state index contributed by atoms with van der Waals surface area (Å²) < 4.78 is 10.9. The molecule has 0 bridgehead atoms. The highest BCUT2D eigenvalue weighted by Gasteiger charge is 2.02. The van der Waals surface area contributed by atoms with Crippen LogP contribution in [0.5, 0.6) is 17.2 Å². The summed E-state index contributed by atoms with van der Waals surface area (Å²) in [7, 11) is 0. The summed E-state index contributed by atoms with van der Waals surface area (Å²) in [4.78, 5) is 0. The van der Waals surface area contributed by atoms with Crippen molar-refractivity contribution in [3.8, 4) is 17.2 Å². The normalized spacial score (nSPS) is 10.2.